The highest BCUT2D eigenvalue weighted by atomic mass is 16.5. The normalized spacial score (nSPS) is 18.7. The number of nitrogens with zero attached hydrogens (tertiary/aromatic N) is 2. The minimum absolute atomic E-state index is 0.555. The van der Waals surface area contributed by atoms with Gasteiger partial charge in [-0.3, -0.25) is 0 Å². The van der Waals surface area contributed by atoms with Crippen LogP contribution < -0.4 is 9.64 Å². The van der Waals surface area contributed by atoms with Crippen LogP contribution in [0.25, 0.3) is 0 Å². The summed E-state index contributed by atoms with van der Waals surface area (Å²) in [5, 5.41) is 8.97. The number of amides is 1. The van der Waals surface area contributed by atoms with Crippen molar-refractivity contribution in [3.63, 3.8) is 0 Å². The second kappa shape index (κ2) is 4.99. The van der Waals surface area contributed by atoms with Crippen LogP contribution in [0.15, 0.2) is 18.2 Å². The summed E-state index contributed by atoms with van der Waals surface area (Å²) >= 11 is 0. The molecule has 102 valence electrons. The number of ether oxygens (including phenoxy) is 1. The molecule has 0 saturated carbocycles. The molecule has 1 saturated heterocycles. The van der Waals surface area contributed by atoms with Crippen molar-refractivity contribution in [1.29, 1.82) is 0 Å². The van der Waals surface area contributed by atoms with Crippen LogP contribution in [-0.2, 0) is 6.42 Å². The average molecular weight is 262 g/mol. The van der Waals surface area contributed by atoms with Gasteiger partial charge in [-0.15, -0.1) is 0 Å². The quantitative estimate of drug-likeness (QED) is 0.838. The minimum Gasteiger partial charge on any atom is -0.491 e. The summed E-state index contributed by atoms with van der Waals surface area (Å²) in [5.41, 5.74) is 2.38. The molecule has 0 radical (unpaired) electrons. The van der Waals surface area contributed by atoms with Crippen molar-refractivity contribution in [2.45, 2.75) is 12.8 Å². The van der Waals surface area contributed by atoms with Crippen molar-refractivity contribution >= 4 is 11.8 Å². The van der Waals surface area contributed by atoms with E-state index in [2.05, 4.69) is 23.1 Å². The number of piperazine rings is 1. The standard InChI is InChI=1S/C14H18N2O3/c17-14(18)16-8-6-15(7-9-16)12-5-1-3-11-4-2-10-19-13(11)12/h1,3,5H,2,4,6-10H2,(H,17,18). The molecular formula is C14H18N2O3. The second-order valence-electron chi connectivity index (χ2n) is 4.97. The predicted octanol–water partition coefficient (Wildman–Crippen LogP) is 1.81. The summed E-state index contributed by atoms with van der Waals surface area (Å²) in [5.74, 6) is 0.998. The Balaban J connectivity index is 1.78. The molecule has 0 aromatic heterocycles. The first-order valence-corrected chi connectivity index (χ1v) is 6.73. The van der Waals surface area contributed by atoms with E-state index in [0.29, 0.717) is 13.1 Å². The maximum absolute atomic E-state index is 10.9. The molecule has 2 heterocycles. The molecule has 0 atom stereocenters. The number of hydrogen-bond acceptors (Lipinski definition) is 3. The van der Waals surface area contributed by atoms with Crippen molar-refractivity contribution in [2.24, 2.45) is 0 Å². The molecule has 0 bridgehead atoms. The fourth-order valence-corrected chi connectivity index (χ4v) is 2.76. The Morgan fingerprint density at radius 3 is 2.74 bits per heavy atom. The lowest BCUT2D eigenvalue weighted by atomic mass is 10.0. The van der Waals surface area contributed by atoms with Crippen molar-refractivity contribution < 1.29 is 14.6 Å². The number of hydrogen-bond donors (Lipinski definition) is 1. The number of para-hydroxylation sites is 1. The van der Waals surface area contributed by atoms with E-state index in [1.54, 1.807) is 0 Å². The predicted molar refractivity (Wildman–Crippen MR) is 72.1 cm³/mol. The van der Waals surface area contributed by atoms with Gasteiger partial charge >= 0.3 is 6.09 Å². The average Bonchev–Trinajstić information content (AvgIpc) is 2.47. The number of carboxylic acid groups (broad SMARTS) is 1. The van der Waals surface area contributed by atoms with Gasteiger partial charge in [0.2, 0.25) is 0 Å². The van der Waals surface area contributed by atoms with Crippen LogP contribution in [0.1, 0.15) is 12.0 Å². The van der Waals surface area contributed by atoms with E-state index in [9.17, 15) is 4.79 Å². The zero-order valence-electron chi connectivity index (χ0n) is 10.8. The van der Waals surface area contributed by atoms with Crippen LogP contribution >= 0.6 is 0 Å². The van der Waals surface area contributed by atoms with E-state index in [4.69, 9.17) is 9.84 Å². The first-order chi connectivity index (χ1) is 9.25. The fraction of sp³-hybridized carbons (Fsp3) is 0.500. The van der Waals surface area contributed by atoms with Crippen molar-refractivity contribution in [3.05, 3.63) is 23.8 Å². The number of rotatable bonds is 1. The Bertz CT molecular complexity index is 482. The first-order valence-electron chi connectivity index (χ1n) is 6.73. The molecular weight excluding hydrogens is 244 g/mol. The monoisotopic (exact) mass is 262 g/mol. The third-order valence-electron chi connectivity index (χ3n) is 3.80. The van der Waals surface area contributed by atoms with Crippen LogP contribution in [0.5, 0.6) is 5.75 Å². The van der Waals surface area contributed by atoms with Crippen LogP contribution in [0.3, 0.4) is 0 Å². The molecule has 0 spiro atoms. The van der Waals surface area contributed by atoms with E-state index < -0.39 is 6.09 Å². The van der Waals surface area contributed by atoms with Gasteiger partial charge in [-0.2, -0.15) is 0 Å². The molecule has 0 unspecified atom stereocenters. The van der Waals surface area contributed by atoms with Crippen molar-refractivity contribution in [3.8, 4) is 5.75 Å². The van der Waals surface area contributed by atoms with Gasteiger partial charge in [0.05, 0.1) is 12.3 Å². The smallest absolute Gasteiger partial charge is 0.407 e. The Morgan fingerprint density at radius 2 is 2.00 bits per heavy atom. The van der Waals surface area contributed by atoms with Crippen LogP contribution in [0.4, 0.5) is 10.5 Å². The van der Waals surface area contributed by atoms with Crippen LogP contribution in [0.2, 0.25) is 0 Å². The highest BCUT2D eigenvalue weighted by molar-refractivity contribution is 5.67. The van der Waals surface area contributed by atoms with Crippen LogP contribution in [0, 0.1) is 0 Å². The Morgan fingerprint density at radius 1 is 1.21 bits per heavy atom. The lowest BCUT2D eigenvalue weighted by molar-refractivity contribution is 0.142. The molecule has 0 aliphatic carbocycles. The number of carbonyl (C=O) groups is 1. The molecule has 1 amide bonds. The van der Waals surface area contributed by atoms with E-state index in [0.717, 1.165) is 44.0 Å². The number of benzene rings is 1. The van der Waals surface area contributed by atoms with Gasteiger partial charge in [0.1, 0.15) is 5.75 Å². The Labute approximate surface area is 112 Å². The zero-order valence-corrected chi connectivity index (χ0v) is 10.8. The molecule has 5 nitrogen and oxygen atoms in total. The van der Waals surface area contributed by atoms with Gasteiger partial charge < -0.3 is 19.6 Å². The van der Waals surface area contributed by atoms with Gasteiger partial charge in [-0.25, -0.2) is 4.79 Å². The first kappa shape index (κ1) is 12.1. The molecule has 1 aromatic rings. The summed E-state index contributed by atoms with van der Waals surface area (Å²) < 4.78 is 5.81. The minimum atomic E-state index is -0.828. The van der Waals surface area contributed by atoms with Crippen molar-refractivity contribution in [2.75, 3.05) is 37.7 Å². The molecule has 1 fully saturated rings. The van der Waals surface area contributed by atoms with Gasteiger partial charge in [0.25, 0.3) is 0 Å². The molecule has 19 heavy (non-hydrogen) atoms. The van der Waals surface area contributed by atoms with Gasteiger partial charge in [0.15, 0.2) is 0 Å². The largest absolute Gasteiger partial charge is 0.491 e. The van der Waals surface area contributed by atoms with Gasteiger partial charge in [0, 0.05) is 26.2 Å². The van der Waals surface area contributed by atoms with Gasteiger partial charge in [-0.1, -0.05) is 12.1 Å². The van der Waals surface area contributed by atoms with E-state index in [1.165, 1.54) is 10.5 Å². The summed E-state index contributed by atoms with van der Waals surface area (Å²) in [6.07, 6.45) is 1.31. The summed E-state index contributed by atoms with van der Waals surface area (Å²) in [6, 6.07) is 6.25. The number of aryl methyl sites for hydroxylation is 1. The third-order valence-corrected chi connectivity index (χ3v) is 3.80. The lowest BCUT2D eigenvalue weighted by Gasteiger charge is -2.36. The van der Waals surface area contributed by atoms with Crippen molar-refractivity contribution in [1.82, 2.24) is 4.90 Å². The molecule has 3 rings (SSSR count). The highest BCUT2D eigenvalue weighted by Crippen LogP contribution is 2.35. The molecule has 5 heteroatoms. The second-order valence-corrected chi connectivity index (χ2v) is 4.97. The van der Waals surface area contributed by atoms with Gasteiger partial charge in [-0.05, 0) is 24.5 Å². The molecule has 1 aromatic carbocycles. The summed E-state index contributed by atoms with van der Waals surface area (Å²) in [4.78, 5) is 14.6. The number of fused-ring (bicyclic) bond motifs is 1. The molecule has 1 N–H and O–H groups in total. The number of anilines is 1. The lowest BCUT2D eigenvalue weighted by Crippen LogP contribution is -2.48. The third kappa shape index (κ3) is 2.32. The zero-order chi connectivity index (χ0) is 13.2. The topological polar surface area (TPSA) is 53.0 Å². The summed E-state index contributed by atoms with van der Waals surface area (Å²) in [7, 11) is 0. The molecule has 2 aliphatic rings. The summed E-state index contributed by atoms with van der Waals surface area (Å²) in [6.45, 7) is 3.34. The van der Waals surface area contributed by atoms with E-state index in [-0.39, 0.29) is 0 Å². The maximum Gasteiger partial charge on any atom is 0.407 e. The van der Waals surface area contributed by atoms with Crippen LogP contribution in [-0.4, -0.2) is 48.9 Å². The van der Waals surface area contributed by atoms with E-state index in [1.807, 2.05) is 0 Å². The maximum atomic E-state index is 10.9. The Hall–Kier alpha value is -1.91. The SMILES string of the molecule is O=C(O)N1CCN(c2cccc3c2OCCC3)CC1. The highest BCUT2D eigenvalue weighted by Gasteiger charge is 2.24. The Kier molecular flexibility index (Phi) is 3.19. The van der Waals surface area contributed by atoms with E-state index >= 15 is 0 Å². The molecule has 2 aliphatic heterocycles. The fourth-order valence-electron chi connectivity index (χ4n) is 2.76.